The highest BCUT2D eigenvalue weighted by molar-refractivity contribution is 5.86. The Morgan fingerprint density at radius 3 is 2.27 bits per heavy atom. The number of carbonyl (C=O) groups is 3. The number of hydrogen-bond donors (Lipinski definition) is 4. The lowest BCUT2D eigenvalue weighted by molar-refractivity contribution is -0.139. The first-order chi connectivity index (χ1) is 15.5. The Morgan fingerprint density at radius 1 is 1.03 bits per heavy atom. The van der Waals surface area contributed by atoms with Crippen LogP contribution in [0, 0.1) is 6.92 Å². The molecule has 4 N–H and O–H groups in total. The number of carboxylic acid groups (broad SMARTS) is 1. The van der Waals surface area contributed by atoms with E-state index in [9.17, 15) is 24.6 Å². The normalized spacial score (nSPS) is 11.9. The zero-order valence-electron chi connectivity index (χ0n) is 19.2. The molecule has 9 nitrogen and oxygen atoms in total. The van der Waals surface area contributed by atoms with Crippen molar-refractivity contribution in [3.63, 3.8) is 0 Å². The molecule has 2 rings (SSSR count). The molecule has 178 valence electrons. The zero-order chi connectivity index (χ0) is 24.6. The Bertz CT molecular complexity index is 984. The number of rotatable bonds is 8. The zero-order valence-corrected chi connectivity index (χ0v) is 19.2. The molecule has 0 spiro atoms. The fourth-order valence-corrected chi connectivity index (χ4v) is 3.10. The van der Waals surface area contributed by atoms with Crippen molar-refractivity contribution in [3.05, 3.63) is 64.7 Å². The second-order valence-electron chi connectivity index (χ2n) is 8.46. The van der Waals surface area contributed by atoms with Crippen LogP contribution in [0.1, 0.15) is 43.0 Å². The van der Waals surface area contributed by atoms with Crippen molar-refractivity contribution in [1.29, 1.82) is 0 Å². The average Bonchev–Trinajstić information content (AvgIpc) is 2.73. The van der Waals surface area contributed by atoms with Gasteiger partial charge in [0.1, 0.15) is 18.2 Å². The quantitative estimate of drug-likeness (QED) is 0.473. The second kappa shape index (κ2) is 11.3. The summed E-state index contributed by atoms with van der Waals surface area (Å²) in [6.07, 6.45) is -1.59. The number of carbonyl (C=O) groups excluding carboxylic acids is 2. The number of ether oxygens (including phenoxy) is 2. The Kier molecular flexibility index (Phi) is 8.81. The summed E-state index contributed by atoms with van der Waals surface area (Å²) in [5.74, 6) is -1.25. The average molecular weight is 459 g/mol. The number of aliphatic carboxylic acids is 1. The molecule has 0 aliphatic carbocycles. The van der Waals surface area contributed by atoms with Crippen LogP contribution in [0.15, 0.2) is 42.5 Å². The van der Waals surface area contributed by atoms with E-state index >= 15 is 0 Å². The summed E-state index contributed by atoms with van der Waals surface area (Å²) >= 11 is 0. The number of nitrogens with one attached hydrogen (secondary N) is 2. The van der Waals surface area contributed by atoms with Crippen LogP contribution in [0.5, 0.6) is 0 Å². The molecule has 0 aromatic heterocycles. The molecule has 0 fully saturated rings. The minimum Gasteiger partial charge on any atom is -0.480 e. The molecule has 0 bridgehead atoms. The lowest BCUT2D eigenvalue weighted by Gasteiger charge is -2.22. The first-order valence-corrected chi connectivity index (χ1v) is 10.4. The summed E-state index contributed by atoms with van der Waals surface area (Å²) in [7, 11) is 0. The summed E-state index contributed by atoms with van der Waals surface area (Å²) in [6, 6.07) is 10.9. The van der Waals surface area contributed by atoms with Gasteiger partial charge in [-0.15, -0.1) is 0 Å². The maximum Gasteiger partial charge on any atom is 0.412 e. The van der Waals surface area contributed by atoms with Crippen LogP contribution >= 0.6 is 0 Å². The van der Waals surface area contributed by atoms with Crippen molar-refractivity contribution in [1.82, 2.24) is 5.32 Å². The molecule has 0 saturated heterocycles. The SMILES string of the molecule is Cc1c(NC(=O)OC(C)(C)C)ccc(C[C@@H](NC(=O)OCc2ccccc2)C(=O)O)c1CO. The number of anilines is 1. The molecule has 0 radical (unpaired) electrons. The van der Waals surface area contributed by atoms with Crippen LogP contribution < -0.4 is 10.6 Å². The summed E-state index contributed by atoms with van der Waals surface area (Å²) < 4.78 is 10.3. The molecule has 9 heteroatoms. The number of benzene rings is 2. The Morgan fingerprint density at radius 2 is 1.70 bits per heavy atom. The Balaban J connectivity index is 2.10. The van der Waals surface area contributed by atoms with Crippen LogP contribution in [0.4, 0.5) is 15.3 Å². The van der Waals surface area contributed by atoms with E-state index in [2.05, 4.69) is 10.6 Å². The van der Waals surface area contributed by atoms with Gasteiger partial charge in [0, 0.05) is 12.1 Å². The lowest BCUT2D eigenvalue weighted by atomic mass is 9.95. The largest absolute Gasteiger partial charge is 0.480 e. The van der Waals surface area contributed by atoms with Crippen LogP contribution in [0.25, 0.3) is 0 Å². The van der Waals surface area contributed by atoms with Crippen molar-refractivity contribution >= 4 is 23.8 Å². The van der Waals surface area contributed by atoms with Gasteiger partial charge < -0.3 is 25.0 Å². The third-order valence-corrected chi connectivity index (χ3v) is 4.72. The van der Waals surface area contributed by atoms with Gasteiger partial charge in [0.25, 0.3) is 0 Å². The summed E-state index contributed by atoms with van der Waals surface area (Å²) in [6.45, 7) is 6.54. The molecule has 1 atom stereocenters. The molecule has 2 aromatic carbocycles. The Hall–Kier alpha value is -3.59. The summed E-state index contributed by atoms with van der Waals surface area (Å²) in [5.41, 5.74) is 2.06. The predicted molar refractivity (Wildman–Crippen MR) is 122 cm³/mol. The van der Waals surface area contributed by atoms with Gasteiger partial charge in [0.15, 0.2) is 0 Å². The highest BCUT2D eigenvalue weighted by Gasteiger charge is 2.24. The van der Waals surface area contributed by atoms with Gasteiger partial charge in [-0.3, -0.25) is 5.32 Å². The highest BCUT2D eigenvalue weighted by Crippen LogP contribution is 2.25. The standard InChI is InChI=1S/C24H30N2O7/c1-15-18(13-27)17(10-11-19(15)25-23(31)33-24(2,3)4)12-20(21(28)29)26-22(30)32-14-16-8-6-5-7-9-16/h5-11,20,27H,12-14H2,1-4H3,(H,25,31)(H,26,30)(H,28,29)/t20-/m1/s1. The molecular weight excluding hydrogens is 428 g/mol. The minimum absolute atomic E-state index is 0.00500. The van der Waals surface area contributed by atoms with Crippen LogP contribution in [0.3, 0.4) is 0 Å². The number of alkyl carbamates (subject to hydrolysis) is 1. The van der Waals surface area contributed by atoms with E-state index in [4.69, 9.17) is 9.47 Å². The number of aliphatic hydroxyl groups is 1. The van der Waals surface area contributed by atoms with Crippen LogP contribution in [-0.2, 0) is 33.9 Å². The summed E-state index contributed by atoms with van der Waals surface area (Å²) in [4.78, 5) is 35.9. The van der Waals surface area contributed by atoms with Gasteiger partial charge in [-0.05, 0) is 56.0 Å². The van der Waals surface area contributed by atoms with Crippen LogP contribution in [-0.4, -0.2) is 40.0 Å². The van der Waals surface area contributed by atoms with E-state index in [1.807, 2.05) is 6.07 Å². The van der Waals surface area contributed by atoms with Crippen molar-refractivity contribution in [2.24, 2.45) is 0 Å². The van der Waals surface area contributed by atoms with Gasteiger partial charge in [0.2, 0.25) is 0 Å². The third kappa shape index (κ3) is 8.12. The van der Waals surface area contributed by atoms with Gasteiger partial charge in [-0.1, -0.05) is 36.4 Å². The van der Waals surface area contributed by atoms with E-state index in [0.29, 0.717) is 22.4 Å². The molecule has 33 heavy (non-hydrogen) atoms. The van der Waals surface area contributed by atoms with Gasteiger partial charge in [-0.25, -0.2) is 14.4 Å². The Labute approximate surface area is 192 Å². The molecule has 0 saturated carbocycles. The number of amides is 2. The lowest BCUT2D eigenvalue weighted by Crippen LogP contribution is -2.42. The maximum absolute atomic E-state index is 12.1. The molecular formula is C24H30N2O7. The number of carboxylic acids is 1. The first-order valence-electron chi connectivity index (χ1n) is 10.4. The fraction of sp³-hybridized carbons (Fsp3) is 0.375. The van der Waals surface area contributed by atoms with Crippen molar-refractivity contribution in [3.8, 4) is 0 Å². The van der Waals surface area contributed by atoms with E-state index in [0.717, 1.165) is 5.56 Å². The molecule has 2 amide bonds. The van der Waals surface area contributed by atoms with Gasteiger partial charge in [0.05, 0.1) is 6.61 Å². The van der Waals surface area contributed by atoms with E-state index in [-0.39, 0.29) is 19.6 Å². The van der Waals surface area contributed by atoms with Crippen LogP contribution in [0.2, 0.25) is 0 Å². The van der Waals surface area contributed by atoms with E-state index < -0.39 is 29.8 Å². The van der Waals surface area contributed by atoms with Crippen molar-refractivity contribution in [2.45, 2.75) is 59.0 Å². The number of aliphatic hydroxyl groups excluding tert-OH is 1. The maximum atomic E-state index is 12.1. The number of hydrogen-bond acceptors (Lipinski definition) is 6. The first kappa shape index (κ1) is 25.7. The van der Waals surface area contributed by atoms with E-state index in [1.165, 1.54) is 0 Å². The summed E-state index contributed by atoms with van der Waals surface area (Å²) in [5, 5.41) is 24.4. The predicted octanol–water partition coefficient (Wildman–Crippen LogP) is 3.76. The fourth-order valence-electron chi connectivity index (χ4n) is 3.10. The molecule has 0 aliphatic heterocycles. The smallest absolute Gasteiger partial charge is 0.412 e. The molecule has 0 aliphatic rings. The second-order valence-corrected chi connectivity index (χ2v) is 8.46. The van der Waals surface area contributed by atoms with Crippen molar-refractivity contribution in [2.75, 3.05) is 5.32 Å². The van der Waals surface area contributed by atoms with Gasteiger partial charge in [-0.2, -0.15) is 0 Å². The minimum atomic E-state index is -1.28. The van der Waals surface area contributed by atoms with E-state index in [1.54, 1.807) is 64.1 Å². The monoisotopic (exact) mass is 458 g/mol. The molecule has 0 heterocycles. The highest BCUT2D eigenvalue weighted by atomic mass is 16.6. The molecule has 2 aromatic rings. The third-order valence-electron chi connectivity index (χ3n) is 4.72. The van der Waals surface area contributed by atoms with Crippen molar-refractivity contribution < 1.29 is 34.1 Å². The van der Waals surface area contributed by atoms with Gasteiger partial charge >= 0.3 is 18.2 Å². The molecule has 0 unspecified atom stereocenters. The topological polar surface area (TPSA) is 134 Å².